The summed E-state index contributed by atoms with van der Waals surface area (Å²) in [5.41, 5.74) is 2.76. The minimum atomic E-state index is -1.78. The number of ether oxygens (including phenoxy) is 3. The van der Waals surface area contributed by atoms with Crippen LogP contribution in [0, 0.1) is 19.3 Å². The molecule has 0 aromatic heterocycles. The first-order chi connectivity index (χ1) is 24.3. The van der Waals surface area contributed by atoms with Crippen molar-refractivity contribution in [2.75, 3.05) is 25.6 Å². The van der Waals surface area contributed by atoms with Gasteiger partial charge in [-0.15, -0.1) is 0 Å². The van der Waals surface area contributed by atoms with E-state index in [0.29, 0.717) is 22.9 Å². The van der Waals surface area contributed by atoms with Crippen LogP contribution in [0.15, 0.2) is 66.7 Å². The molecule has 2 atom stereocenters. The molecule has 0 spiro atoms. The van der Waals surface area contributed by atoms with Gasteiger partial charge in [0.1, 0.15) is 17.2 Å². The van der Waals surface area contributed by atoms with Crippen LogP contribution in [0.25, 0.3) is 0 Å². The van der Waals surface area contributed by atoms with Gasteiger partial charge < -0.3 is 29.6 Å². The van der Waals surface area contributed by atoms with Crippen LogP contribution in [0.4, 0.5) is 16.2 Å². The zero-order valence-corrected chi connectivity index (χ0v) is 30.8. The maximum Gasteiger partial charge on any atom is 0.330 e. The first kappa shape index (κ1) is 40.4. The summed E-state index contributed by atoms with van der Waals surface area (Å²) in [6.45, 7) is 13.2. The number of carbonyl (C=O) groups excluding carboxylic acids is 5. The first-order valence-electron chi connectivity index (χ1n) is 17.0. The maximum absolute atomic E-state index is 13.9. The predicted octanol–water partition coefficient (Wildman–Crippen LogP) is 5.19. The van der Waals surface area contributed by atoms with Gasteiger partial charge in [-0.05, 0) is 56.9 Å². The monoisotopic (exact) mass is 702 g/mol. The second-order valence-corrected chi connectivity index (χ2v) is 13.1. The Kier molecular flexibility index (Phi) is 14.9. The summed E-state index contributed by atoms with van der Waals surface area (Å²) in [6, 6.07) is 17.3. The van der Waals surface area contributed by atoms with Crippen LogP contribution in [0.3, 0.4) is 0 Å². The molecule has 1 fully saturated rings. The standard InChI is InChI=1S/C30H38N4O7.C9H12O/c1-6-8-16-41-23-15-14-21(31-19-35)17-22(23)32-26(37)24(25(36)30(3,4)5)34-27(38)28(40-7-2)33(29(34)39)18-20-12-10-9-11-13-20;1-7-4-5-9(10-3)8(2)6-7/h9-15,17,24,28H,6-8,16,18,31H2,1-5H3,(H,32,37);4-6H,1-3H3. The summed E-state index contributed by atoms with van der Waals surface area (Å²) in [6.07, 6.45) is 2.04. The number of imide groups is 1. The second kappa shape index (κ2) is 18.8. The van der Waals surface area contributed by atoms with Gasteiger partial charge in [-0.2, -0.15) is 0 Å². The van der Waals surface area contributed by atoms with Gasteiger partial charge in [0, 0.05) is 24.2 Å². The number of nitrogens with two attached hydrogens (primary N) is 1. The van der Waals surface area contributed by atoms with Gasteiger partial charge in [-0.1, -0.05) is 82.1 Å². The summed E-state index contributed by atoms with van der Waals surface area (Å²) < 4.78 is 16.6. The number of rotatable bonds is 15. The number of benzene rings is 3. The normalized spacial score (nSPS) is 14.8. The zero-order valence-electron chi connectivity index (χ0n) is 30.8. The molecule has 0 aliphatic carbocycles. The lowest BCUT2D eigenvalue weighted by molar-refractivity contribution is -0.441. The molecule has 1 aliphatic rings. The Labute approximate surface area is 300 Å². The first-order valence-corrected chi connectivity index (χ1v) is 17.0. The van der Waals surface area contributed by atoms with E-state index in [1.54, 1.807) is 77.6 Å². The van der Waals surface area contributed by atoms with Crippen LogP contribution in [-0.4, -0.2) is 72.4 Å². The van der Waals surface area contributed by atoms with Crippen LogP contribution in [-0.2, 0) is 30.5 Å². The van der Waals surface area contributed by atoms with Gasteiger partial charge >= 0.3 is 6.03 Å². The van der Waals surface area contributed by atoms with Gasteiger partial charge in [0.25, 0.3) is 11.8 Å². The number of amides is 5. The Bertz CT molecular complexity index is 1670. The van der Waals surface area contributed by atoms with E-state index in [9.17, 15) is 24.0 Å². The number of carbonyl (C=O) groups is 4. The fourth-order valence-electron chi connectivity index (χ4n) is 5.32. The Morgan fingerprint density at radius 1 is 0.980 bits per heavy atom. The highest BCUT2D eigenvalue weighted by molar-refractivity contribution is 6.19. The average Bonchev–Trinajstić information content (AvgIpc) is 3.30. The molecule has 51 heavy (non-hydrogen) atoms. The zero-order chi connectivity index (χ0) is 37.7. The van der Waals surface area contributed by atoms with Crippen LogP contribution >= 0.6 is 0 Å². The second-order valence-electron chi connectivity index (χ2n) is 13.1. The molecule has 3 aromatic rings. The van der Waals surface area contributed by atoms with Crippen molar-refractivity contribution in [3.8, 4) is 11.5 Å². The number of unbranched alkanes of at least 4 members (excludes halogenated alkanes) is 1. The van der Waals surface area contributed by atoms with Crippen LogP contribution in [0.2, 0.25) is 0 Å². The Morgan fingerprint density at radius 2 is 1.67 bits per heavy atom. The lowest BCUT2D eigenvalue weighted by Crippen LogP contribution is -2.76. The van der Waals surface area contributed by atoms with E-state index in [1.807, 2.05) is 32.0 Å². The van der Waals surface area contributed by atoms with Crippen LogP contribution < -0.4 is 20.1 Å². The highest BCUT2D eigenvalue weighted by atomic mass is 16.5. The molecule has 12 nitrogen and oxygen atoms in total. The number of anilines is 1. The lowest BCUT2D eigenvalue weighted by Gasteiger charge is -2.29. The highest BCUT2D eigenvalue weighted by Crippen LogP contribution is 2.31. The molecule has 0 saturated carbocycles. The van der Waals surface area contributed by atoms with E-state index in [1.165, 1.54) is 27.4 Å². The summed E-state index contributed by atoms with van der Waals surface area (Å²) in [7, 11) is 1.69. The molecule has 12 heteroatoms. The van der Waals surface area contributed by atoms with Crippen LogP contribution in [0.1, 0.15) is 64.2 Å². The molecule has 2 unspecified atom stereocenters. The van der Waals surface area contributed by atoms with Crippen molar-refractivity contribution in [2.45, 2.75) is 80.1 Å². The fraction of sp³-hybridized carbons (Fsp3) is 0.410. The highest BCUT2D eigenvalue weighted by Gasteiger charge is 2.54. The van der Waals surface area contributed by atoms with Gasteiger partial charge in [0.05, 0.1) is 25.9 Å². The number of aryl methyl sites for hydroxylation is 2. The van der Waals surface area contributed by atoms with Crippen LogP contribution in [0.5, 0.6) is 11.5 Å². The molecule has 1 aliphatic heterocycles. The van der Waals surface area contributed by atoms with Gasteiger partial charge in [-0.3, -0.25) is 19.3 Å². The van der Waals surface area contributed by atoms with E-state index in [0.717, 1.165) is 24.2 Å². The lowest BCUT2D eigenvalue weighted by atomic mass is 9.85. The molecule has 274 valence electrons. The van der Waals surface area contributed by atoms with E-state index in [-0.39, 0.29) is 18.8 Å². The Balaban J connectivity index is 0.000000602. The smallest absolute Gasteiger partial charge is 0.330 e. The summed E-state index contributed by atoms with van der Waals surface area (Å²) in [5.74, 6) is -1.05. The van der Waals surface area contributed by atoms with Gasteiger partial charge in [-0.25, -0.2) is 9.69 Å². The molecule has 5 amide bonds. The maximum atomic E-state index is 13.9. The number of nitrogens with one attached hydrogen (secondary N) is 1. The van der Waals surface area contributed by atoms with E-state index >= 15 is 0 Å². The van der Waals surface area contributed by atoms with Crippen molar-refractivity contribution in [1.82, 2.24) is 9.80 Å². The number of urea groups is 1. The molecule has 1 heterocycles. The molecular weight excluding hydrogens is 652 g/mol. The van der Waals surface area contributed by atoms with E-state index < -0.39 is 41.3 Å². The number of hydrogen-bond acceptors (Lipinski definition) is 8. The van der Waals surface area contributed by atoms with Crippen molar-refractivity contribution in [3.05, 3.63) is 83.4 Å². The van der Waals surface area contributed by atoms with Crippen molar-refractivity contribution in [2.24, 2.45) is 5.41 Å². The number of ketones is 1. The topological polar surface area (TPSA) is 148 Å². The third-order valence-corrected chi connectivity index (χ3v) is 7.99. The number of primary amides is 1. The molecule has 3 N–H and O–H groups in total. The molecule has 1 saturated heterocycles. The number of hydrogen-bond donors (Lipinski definition) is 2. The Hall–Kier alpha value is -5.07. The number of methoxy groups -OCH3 is 1. The van der Waals surface area contributed by atoms with Gasteiger partial charge in [0.2, 0.25) is 6.23 Å². The van der Waals surface area contributed by atoms with Gasteiger partial charge in [0.15, 0.2) is 11.8 Å². The number of Topliss-reactive ketones (excluding diaryl/α,β-unsaturated/α-hetero) is 1. The molecule has 0 bridgehead atoms. The molecule has 4 rings (SSSR count). The third-order valence-electron chi connectivity index (χ3n) is 7.99. The summed E-state index contributed by atoms with van der Waals surface area (Å²) >= 11 is 0. The largest absolute Gasteiger partial charge is 0.496 e. The average molecular weight is 703 g/mol. The van der Waals surface area contributed by atoms with Crippen molar-refractivity contribution >= 4 is 41.4 Å². The number of nitrogens with zero attached hydrogens (tertiary/aromatic N) is 2. The Morgan fingerprint density at radius 3 is 2.25 bits per heavy atom. The van der Waals surface area contributed by atoms with E-state index in [2.05, 4.69) is 18.3 Å². The summed E-state index contributed by atoms with van der Waals surface area (Å²) in [5, 5.41) is 3.86. The van der Waals surface area contributed by atoms with E-state index in [4.69, 9.17) is 14.2 Å². The number of quaternary nitrogens is 1. The minimum Gasteiger partial charge on any atom is -0.496 e. The third kappa shape index (κ3) is 10.7. The van der Waals surface area contributed by atoms with Crippen molar-refractivity contribution < 1.29 is 43.5 Å². The minimum absolute atomic E-state index is 0.0418. The fourth-order valence-corrected chi connectivity index (χ4v) is 5.32. The molecule has 0 radical (unpaired) electrons. The quantitative estimate of drug-likeness (QED) is 0.0723. The molecular formula is C39H50N4O8. The van der Waals surface area contributed by atoms with Crippen molar-refractivity contribution in [3.63, 3.8) is 0 Å². The summed E-state index contributed by atoms with van der Waals surface area (Å²) in [4.78, 5) is 67.9. The van der Waals surface area contributed by atoms with Crippen molar-refractivity contribution in [1.29, 1.82) is 0 Å². The molecule has 3 aromatic carbocycles. The SMILES string of the molecule is CCCCOc1ccc([NH2+][C-]=O)cc1NC(=O)C(C(=O)C(C)(C)C)N1C(=O)C(OCC)N(Cc2ccccc2)C1=O.COc1ccc(C)cc1C. The predicted molar refractivity (Wildman–Crippen MR) is 193 cm³/mol.